The molecule has 0 aliphatic heterocycles. The molecule has 13 heavy (non-hydrogen) atoms. The van der Waals surface area contributed by atoms with Crippen LogP contribution < -0.4 is 5.11 Å². The first-order valence-electron chi connectivity index (χ1n) is 2.92. The fourth-order valence-electron chi connectivity index (χ4n) is 0.540. The van der Waals surface area contributed by atoms with Gasteiger partial charge in [0.2, 0.25) is 0 Å². The molecule has 0 heterocycles. The van der Waals surface area contributed by atoms with E-state index in [1.807, 2.05) is 0 Å². The van der Waals surface area contributed by atoms with E-state index in [2.05, 4.69) is 0 Å². The van der Waals surface area contributed by atoms with Gasteiger partial charge in [0.1, 0.15) is 0 Å². The lowest BCUT2D eigenvalue weighted by atomic mass is 10.3. The summed E-state index contributed by atoms with van der Waals surface area (Å²) >= 11 is 0. The lowest BCUT2D eigenvalue weighted by Gasteiger charge is -2.08. The molecule has 0 rings (SSSR count). The van der Waals surface area contributed by atoms with Gasteiger partial charge < -0.3 is 24.8 Å². The predicted octanol–water partition coefficient (Wildman–Crippen LogP) is -2.07. The van der Waals surface area contributed by atoms with Crippen LogP contribution in [0, 0.1) is 0 Å². The third-order valence-electron chi connectivity index (χ3n) is 0.936. The maximum absolute atomic E-state index is 10.3. The number of carboxylic acids is 2. The lowest BCUT2D eigenvalue weighted by molar-refractivity contribution is -0.299. The van der Waals surface area contributed by atoms with Crippen molar-refractivity contribution in [2.24, 2.45) is 0 Å². The zero-order valence-electron chi connectivity index (χ0n) is 6.21. The zero-order chi connectivity index (χ0) is 10.6. The fraction of sp³-hybridized carbons (Fsp3) is 0.200. The van der Waals surface area contributed by atoms with Gasteiger partial charge in [-0.25, -0.2) is 4.79 Å². The van der Waals surface area contributed by atoms with E-state index in [4.69, 9.17) is 14.9 Å². The van der Waals surface area contributed by atoms with Crippen molar-refractivity contribution in [3.63, 3.8) is 0 Å². The third kappa shape index (κ3) is 6.03. The largest absolute Gasteiger partial charge is 0.545 e. The van der Waals surface area contributed by atoms with Crippen LogP contribution in [0.25, 0.3) is 0 Å². The Hall–Kier alpha value is -1.17. The molecule has 74 valence electrons. The standard InChI is InChI=1S/C5H7O7P/c6-4(7)1-3(5(8)9)2-13(10,11)12/h1H,2H2,(H,6,7)(H,8,9)(H2,10,11,12)/p-1/b3-1-. The van der Waals surface area contributed by atoms with Crippen molar-refractivity contribution in [3.05, 3.63) is 11.6 Å². The Bertz CT molecular complexity index is 298. The van der Waals surface area contributed by atoms with Crippen LogP contribution in [0.5, 0.6) is 0 Å². The molecule has 0 amide bonds. The van der Waals surface area contributed by atoms with Gasteiger partial charge in [-0.05, 0) is 5.57 Å². The van der Waals surface area contributed by atoms with E-state index in [-0.39, 0.29) is 6.08 Å². The van der Waals surface area contributed by atoms with E-state index in [1.165, 1.54) is 0 Å². The van der Waals surface area contributed by atoms with Gasteiger partial charge in [0.05, 0.1) is 12.1 Å². The summed E-state index contributed by atoms with van der Waals surface area (Å²) in [6, 6.07) is 0. The second-order valence-electron chi connectivity index (χ2n) is 2.12. The van der Waals surface area contributed by atoms with Crippen molar-refractivity contribution >= 4 is 19.5 Å². The van der Waals surface area contributed by atoms with Crippen LogP contribution in [0.15, 0.2) is 11.6 Å². The average Bonchev–Trinajstić information content (AvgIpc) is 1.81. The van der Waals surface area contributed by atoms with Crippen LogP contribution in [-0.4, -0.2) is 33.0 Å². The van der Waals surface area contributed by atoms with Gasteiger partial charge >= 0.3 is 13.6 Å². The number of hydrogen-bond donors (Lipinski definition) is 3. The van der Waals surface area contributed by atoms with Crippen LogP contribution in [-0.2, 0) is 14.2 Å². The highest BCUT2D eigenvalue weighted by Gasteiger charge is 2.17. The molecule has 0 aliphatic carbocycles. The molecule has 0 saturated carbocycles. The molecule has 0 aromatic rings. The molecule has 0 aliphatic rings. The minimum Gasteiger partial charge on any atom is -0.545 e. The average molecular weight is 209 g/mol. The summed E-state index contributed by atoms with van der Waals surface area (Å²) in [5.74, 6) is -3.52. The van der Waals surface area contributed by atoms with Gasteiger partial charge in [0.25, 0.3) is 0 Å². The highest BCUT2D eigenvalue weighted by atomic mass is 31.2. The van der Waals surface area contributed by atoms with Crippen molar-refractivity contribution in [1.82, 2.24) is 0 Å². The Morgan fingerprint density at radius 3 is 2.08 bits per heavy atom. The van der Waals surface area contributed by atoms with Gasteiger partial charge in [-0.3, -0.25) is 4.57 Å². The van der Waals surface area contributed by atoms with E-state index in [0.717, 1.165) is 0 Å². The molecule has 0 fully saturated rings. The first-order chi connectivity index (χ1) is 5.72. The highest BCUT2D eigenvalue weighted by Crippen LogP contribution is 2.36. The molecular formula is C5H6O7P-. The van der Waals surface area contributed by atoms with Gasteiger partial charge in [-0.2, -0.15) is 0 Å². The number of hydrogen-bond acceptors (Lipinski definition) is 4. The summed E-state index contributed by atoms with van der Waals surface area (Å²) in [5, 5.41) is 18.2. The summed E-state index contributed by atoms with van der Waals surface area (Å²) in [5.41, 5.74) is -0.944. The molecule has 8 heteroatoms. The number of aliphatic carboxylic acids is 2. The first kappa shape index (κ1) is 11.8. The molecule has 0 spiro atoms. The normalized spacial score (nSPS) is 12.6. The number of carboxylic acid groups (broad SMARTS) is 2. The lowest BCUT2D eigenvalue weighted by Crippen LogP contribution is -2.26. The van der Waals surface area contributed by atoms with Gasteiger partial charge in [0, 0.05) is 6.08 Å². The SMILES string of the molecule is O=C(O)/C=C(/CP(=O)(O)O)C(=O)[O-]. The zero-order valence-corrected chi connectivity index (χ0v) is 7.10. The molecule has 7 nitrogen and oxygen atoms in total. The number of carbonyl (C=O) groups is 2. The minimum absolute atomic E-state index is 0.189. The molecule has 0 unspecified atom stereocenters. The summed E-state index contributed by atoms with van der Waals surface area (Å²) in [7, 11) is -4.58. The van der Waals surface area contributed by atoms with E-state index >= 15 is 0 Å². The molecule has 0 aromatic heterocycles. The summed E-state index contributed by atoms with van der Waals surface area (Å²) < 4.78 is 10.3. The summed E-state index contributed by atoms with van der Waals surface area (Å²) in [4.78, 5) is 36.8. The Balaban J connectivity index is 4.75. The molecule has 0 bridgehead atoms. The van der Waals surface area contributed by atoms with Crippen molar-refractivity contribution in [2.75, 3.05) is 6.16 Å². The molecule has 0 radical (unpaired) electrons. The van der Waals surface area contributed by atoms with Crippen LogP contribution >= 0.6 is 7.60 Å². The number of rotatable bonds is 4. The number of carbonyl (C=O) groups excluding carboxylic acids is 1. The monoisotopic (exact) mass is 209 g/mol. The molecule has 0 atom stereocenters. The van der Waals surface area contributed by atoms with Crippen LogP contribution in [0.3, 0.4) is 0 Å². The van der Waals surface area contributed by atoms with Gasteiger partial charge in [-0.15, -0.1) is 0 Å². The first-order valence-corrected chi connectivity index (χ1v) is 4.71. The van der Waals surface area contributed by atoms with Crippen molar-refractivity contribution in [2.45, 2.75) is 0 Å². The van der Waals surface area contributed by atoms with E-state index in [1.54, 1.807) is 0 Å². The third-order valence-corrected chi connectivity index (χ3v) is 1.69. The smallest absolute Gasteiger partial charge is 0.329 e. The van der Waals surface area contributed by atoms with Gasteiger partial charge in [-0.1, -0.05) is 0 Å². The Morgan fingerprint density at radius 1 is 1.38 bits per heavy atom. The fourth-order valence-corrected chi connectivity index (χ4v) is 1.20. The van der Waals surface area contributed by atoms with Crippen molar-refractivity contribution in [3.8, 4) is 0 Å². The molecule has 0 aromatic carbocycles. The van der Waals surface area contributed by atoms with E-state index in [9.17, 15) is 19.3 Å². The van der Waals surface area contributed by atoms with Crippen LogP contribution in [0.1, 0.15) is 0 Å². The van der Waals surface area contributed by atoms with Crippen LogP contribution in [0.4, 0.5) is 0 Å². The Labute approximate surface area is 72.5 Å². The van der Waals surface area contributed by atoms with Crippen molar-refractivity contribution < 1.29 is 34.2 Å². The maximum atomic E-state index is 10.3. The summed E-state index contributed by atoms with van der Waals surface area (Å²) in [6.45, 7) is 0. The predicted molar refractivity (Wildman–Crippen MR) is 37.6 cm³/mol. The van der Waals surface area contributed by atoms with E-state index < -0.39 is 31.3 Å². The van der Waals surface area contributed by atoms with Gasteiger partial charge in [0.15, 0.2) is 0 Å². The van der Waals surface area contributed by atoms with E-state index in [0.29, 0.717) is 0 Å². The molecule has 3 N–H and O–H groups in total. The molecular weight excluding hydrogens is 203 g/mol. The Morgan fingerprint density at radius 2 is 1.85 bits per heavy atom. The highest BCUT2D eigenvalue weighted by molar-refractivity contribution is 7.52. The topological polar surface area (TPSA) is 135 Å². The quantitative estimate of drug-likeness (QED) is 0.357. The second-order valence-corrected chi connectivity index (χ2v) is 3.76. The minimum atomic E-state index is -4.58. The second kappa shape index (κ2) is 4.18. The van der Waals surface area contributed by atoms with Crippen molar-refractivity contribution in [1.29, 1.82) is 0 Å². The summed E-state index contributed by atoms with van der Waals surface area (Å²) in [6.07, 6.45) is -0.962. The maximum Gasteiger partial charge on any atom is 0.329 e. The Kier molecular flexibility index (Phi) is 3.80. The molecule has 0 saturated heterocycles. The van der Waals surface area contributed by atoms with Crippen LogP contribution in [0.2, 0.25) is 0 Å².